The molecule has 3 N–H and O–H groups in total. The number of rotatable bonds is 6. The predicted molar refractivity (Wildman–Crippen MR) is 65.7 cm³/mol. The number of aliphatic hydroxyl groups excluding tert-OH is 1. The lowest BCUT2D eigenvalue weighted by Gasteiger charge is -2.23. The lowest BCUT2D eigenvalue weighted by molar-refractivity contribution is 0.266. The van der Waals surface area contributed by atoms with E-state index < -0.39 is 5.82 Å². The van der Waals surface area contributed by atoms with E-state index in [9.17, 15) is 4.39 Å². The van der Waals surface area contributed by atoms with Crippen LogP contribution in [0.5, 0.6) is 5.75 Å². The fourth-order valence-corrected chi connectivity index (χ4v) is 1.96. The van der Waals surface area contributed by atoms with Gasteiger partial charge in [0.05, 0.1) is 7.11 Å². The van der Waals surface area contributed by atoms with Crippen LogP contribution in [0.2, 0.25) is 0 Å². The molecule has 0 heterocycles. The molecule has 4 heteroatoms. The third-order valence-corrected chi connectivity index (χ3v) is 3.03. The van der Waals surface area contributed by atoms with E-state index in [1.165, 1.54) is 13.2 Å². The van der Waals surface area contributed by atoms with Crippen molar-refractivity contribution < 1.29 is 14.2 Å². The smallest absolute Gasteiger partial charge is 0.165 e. The molecule has 0 aliphatic carbocycles. The summed E-state index contributed by atoms with van der Waals surface area (Å²) in [5.74, 6) is -0.191. The van der Waals surface area contributed by atoms with Crippen LogP contribution in [0.25, 0.3) is 0 Å². The summed E-state index contributed by atoms with van der Waals surface area (Å²) in [5.41, 5.74) is 6.80. The Morgan fingerprint density at radius 1 is 1.47 bits per heavy atom. The SMILES string of the molecule is CCC(N)C(CCO)c1ccc(OC)c(F)c1. The van der Waals surface area contributed by atoms with Gasteiger partial charge in [0, 0.05) is 18.6 Å². The zero-order chi connectivity index (χ0) is 12.8. The summed E-state index contributed by atoms with van der Waals surface area (Å²) in [6.07, 6.45) is 1.33. The quantitative estimate of drug-likeness (QED) is 0.801. The van der Waals surface area contributed by atoms with E-state index in [0.717, 1.165) is 12.0 Å². The van der Waals surface area contributed by atoms with Crippen LogP contribution in [0.4, 0.5) is 4.39 Å². The third kappa shape index (κ3) is 3.41. The Morgan fingerprint density at radius 3 is 2.65 bits per heavy atom. The maximum atomic E-state index is 13.6. The number of methoxy groups -OCH3 is 1. The van der Waals surface area contributed by atoms with Crippen molar-refractivity contribution >= 4 is 0 Å². The van der Waals surface area contributed by atoms with Gasteiger partial charge in [-0.05, 0) is 30.5 Å². The minimum atomic E-state index is -0.392. The Balaban J connectivity index is 2.98. The van der Waals surface area contributed by atoms with Crippen LogP contribution in [0.15, 0.2) is 18.2 Å². The summed E-state index contributed by atoms with van der Waals surface area (Å²) in [6.45, 7) is 2.03. The van der Waals surface area contributed by atoms with E-state index in [-0.39, 0.29) is 24.3 Å². The molecule has 0 fully saturated rings. The van der Waals surface area contributed by atoms with Gasteiger partial charge in [0.2, 0.25) is 0 Å². The molecule has 0 aromatic heterocycles. The normalized spacial score (nSPS) is 14.4. The molecule has 0 bridgehead atoms. The Hall–Kier alpha value is -1.13. The number of nitrogens with two attached hydrogens (primary N) is 1. The first kappa shape index (κ1) is 13.9. The van der Waals surface area contributed by atoms with Gasteiger partial charge < -0.3 is 15.6 Å². The number of benzene rings is 1. The molecule has 1 rings (SSSR count). The lowest BCUT2D eigenvalue weighted by Crippen LogP contribution is -2.28. The monoisotopic (exact) mass is 241 g/mol. The first-order valence-electron chi connectivity index (χ1n) is 5.83. The van der Waals surface area contributed by atoms with Crippen molar-refractivity contribution in [3.05, 3.63) is 29.6 Å². The molecule has 17 heavy (non-hydrogen) atoms. The van der Waals surface area contributed by atoms with Gasteiger partial charge in [0.15, 0.2) is 11.6 Å². The predicted octanol–water partition coefficient (Wildman–Crippen LogP) is 2.04. The van der Waals surface area contributed by atoms with Crippen molar-refractivity contribution in [3.8, 4) is 5.75 Å². The fraction of sp³-hybridized carbons (Fsp3) is 0.538. The lowest BCUT2D eigenvalue weighted by atomic mass is 9.88. The molecule has 0 radical (unpaired) electrons. The maximum absolute atomic E-state index is 13.6. The highest BCUT2D eigenvalue weighted by Gasteiger charge is 2.19. The molecule has 0 amide bonds. The minimum absolute atomic E-state index is 0.0228. The van der Waals surface area contributed by atoms with Crippen molar-refractivity contribution in [1.29, 1.82) is 0 Å². The zero-order valence-corrected chi connectivity index (χ0v) is 10.3. The van der Waals surface area contributed by atoms with Crippen LogP contribution in [-0.4, -0.2) is 24.9 Å². The van der Waals surface area contributed by atoms with Crippen molar-refractivity contribution in [2.24, 2.45) is 5.73 Å². The molecule has 0 saturated carbocycles. The highest BCUT2D eigenvalue weighted by molar-refractivity contribution is 5.32. The summed E-state index contributed by atoms with van der Waals surface area (Å²) < 4.78 is 18.5. The molecule has 0 aliphatic heterocycles. The molecule has 1 aromatic rings. The molecular weight excluding hydrogens is 221 g/mol. The number of aliphatic hydroxyl groups is 1. The average molecular weight is 241 g/mol. The molecule has 96 valence electrons. The fourth-order valence-electron chi connectivity index (χ4n) is 1.96. The number of ether oxygens (including phenoxy) is 1. The molecule has 0 aliphatic rings. The van der Waals surface area contributed by atoms with Crippen molar-refractivity contribution in [3.63, 3.8) is 0 Å². The average Bonchev–Trinajstić information content (AvgIpc) is 2.35. The zero-order valence-electron chi connectivity index (χ0n) is 10.3. The molecule has 0 saturated heterocycles. The van der Waals surface area contributed by atoms with E-state index in [4.69, 9.17) is 15.6 Å². The molecule has 2 unspecified atom stereocenters. The second-order valence-corrected chi connectivity index (χ2v) is 4.08. The van der Waals surface area contributed by atoms with Gasteiger partial charge in [0.25, 0.3) is 0 Å². The highest BCUT2D eigenvalue weighted by Crippen LogP contribution is 2.27. The Bertz CT molecular complexity index is 357. The number of hydrogen-bond donors (Lipinski definition) is 2. The Kier molecular flexibility index (Phi) is 5.38. The molecule has 1 aromatic carbocycles. The van der Waals surface area contributed by atoms with Gasteiger partial charge in [-0.1, -0.05) is 13.0 Å². The van der Waals surface area contributed by atoms with Crippen LogP contribution in [0, 0.1) is 5.82 Å². The van der Waals surface area contributed by atoms with Crippen LogP contribution in [0.1, 0.15) is 31.2 Å². The van der Waals surface area contributed by atoms with Crippen molar-refractivity contribution in [2.45, 2.75) is 31.7 Å². The first-order chi connectivity index (χ1) is 8.13. The standard InChI is InChI=1S/C13H20FNO2/c1-3-12(15)10(6-7-16)9-4-5-13(17-2)11(14)8-9/h4-5,8,10,12,16H,3,6-7,15H2,1-2H3. The van der Waals surface area contributed by atoms with Crippen LogP contribution < -0.4 is 10.5 Å². The summed E-state index contributed by atoms with van der Waals surface area (Å²) in [7, 11) is 1.43. The van der Waals surface area contributed by atoms with Crippen molar-refractivity contribution in [1.82, 2.24) is 0 Å². The maximum Gasteiger partial charge on any atom is 0.165 e. The summed E-state index contributed by atoms with van der Waals surface area (Å²) in [5, 5.41) is 9.04. The Labute approximate surface area is 101 Å². The summed E-state index contributed by atoms with van der Waals surface area (Å²) >= 11 is 0. The van der Waals surface area contributed by atoms with Crippen molar-refractivity contribution in [2.75, 3.05) is 13.7 Å². The van der Waals surface area contributed by atoms with E-state index in [0.29, 0.717) is 6.42 Å². The van der Waals surface area contributed by atoms with Gasteiger partial charge in [0.1, 0.15) is 0 Å². The van der Waals surface area contributed by atoms with Gasteiger partial charge >= 0.3 is 0 Å². The minimum Gasteiger partial charge on any atom is -0.494 e. The molecule has 2 atom stereocenters. The van der Waals surface area contributed by atoms with E-state index in [1.54, 1.807) is 12.1 Å². The molecule has 0 spiro atoms. The van der Waals surface area contributed by atoms with Gasteiger partial charge in [-0.3, -0.25) is 0 Å². The largest absolute Gasteiger partial charge is 0.494 e. The topological polar surface area (TPSA) is 55.5 Å². The summed E-state index contributed by atoms with van der Waals surface area (Å²) in [6, 6.07) is 4.76. The van der Waals surface area contributed by atoms with Gasteiger partial charge in [-0.2, -0.15) is 0 Å². The van der Waals surface area contributed by atoms with Crippen LogP contribution >= 0.6 is 0 Å². The van der Waals surface area contributed by atoms with Gasteiger partial charge in [-0.25, -0.2) is 4.39 Å². The molecule has 3 nitrogen and oxygen atoms in total. The van der Waals surface area contributed by atoms with E-state index in [1.807, 2.05) is 6.92 Å². The van der Waals surface area contributed by atoms with Crippen LogP contribution in [-0.2, 0) is 0 Å². The van der Waals surface area contributed by atoms with Crippen LogP contribution in [0.3, 0.4) is 0 Å². The second-order valence-electron chi connectivity index (χ2n) is 4.08. The highest BCUT2D eigenvalue weighted by atomic mass is 19.1. The van der Waals surface area contributed by atoms with E-state index >= 15 is 0 Å². The molecular formula is C13H20FNO2. The second kappa shape index (κ2) is 6.57. The van der Waals surface area contributed by atoms with E-state index in [2.05, 4.69) is 0 Å². The Morgan fingerprint density at radius 2 is 2.18 bits per heavy atom. The van der Waals surface area contributed by atoms with Gasteiger partial charge in [-0.15, -0.1) is 0 Å². The number of halogens is 1. The third-order valence-electron chi connectivity index (χ3n) is 3.03. The first-order valence-corrected chi connectivity index (χ1v) is 5.83. The summed E-state index contributed by atoms with van der Waals surface area (Å²) in [4.78, 5) is 0. The number of hydrogen-bond acceptors (Lipinski definition) is 3.